The van der Waals surface area contributed by atoms with Crippen LogP contribution in [0.5, 0.6) is 5.75 Å². The van der Waals surface area contributed by atoms with Crippen molar-refractivity contribution in [1.82, 2.24) is 0 Å². The molecule has 74 valence electrons. The molecule has 0 aliphatic carbocycles. The summed E-state index contributed by atoms with van der Waals surface area (Å²) in [7, 11) is 0. The number of phenolic OH excluding ortho intramolecular Hbond substituents is 1. The van der Waals surface area contributed by atoms with Crippen LogP contribution in [0.4, 0.5) is 0 Å². The van der Waals surface area contributed by atoms with Gasteiger partial charge < -0.3 is 5.11 Å². The van der Waals surface area contributed by atoms with Crippen LogP contribution in [0.25, 0.3) is 5.57 Å². The molecule has 2 nitrogen and oxygen atoms in total. The van der Waals surface area contributed by atoms with E-state index in [1.165, 1.54) is 0 Å². The van der Waals surface area contributed by atoms with Crippen molar-refractivity contribution >= 4 is 11.4 Å². The molecule has 1 aromatic rings. The predicted octanol–water partition coefficient (Wildman–Crippen LogP) is 2.77. The fourth-order valence-corrected chi connectivity index (χ4v) is 1.32. The van der Waals surface area contributed by atoms with Crippen LogP contribution in [0.3, 0.4) is 0 Å². The largest absolute Gasteiger partial charge is 0.508 e. The first-order chi connectivity index (χ1) is 6.69. The molecule has 0 aromatic heterocycles. The summed E-state index contributed by atoms with van der Waals surface area (Å²) in [5.41, 5.74) is 1.57. The van der Waals surface area contributed by atoms with Gasteiger partial charge in [0.25, 0.3) is 0 Å². The molecule has 0 spiro atoms. The van der Waals surface area contributed by atoms with E-state index in [2.05, 4.69) is 0 Å². The summed E-state index contributed by atoms with van der Waals surface area (Å²) in [5, 5.41) is 9.10. The van der Waals surface area contributed by atoms with Gasteiger partial charge in [-0.05, 0) is 24.6 Å². The fraction of sp³-hybridized carbons (Fsp3) is 0.250. The maximum atomic E-state index is 11.5. The van der Waals surface area contributed by atoms with Crippen molar-refractivity contribution < 1.29 is 9.90 Å². The number of ketones is 1. The van der Waals surface area contributed by atoms with Crippen LogP contribution in [0.1, 0.15) is 25.8 Å². The van der Waals surface area contributed by atoms with Crippen molar-refractivity contribution in [1.29, 1.82) is 0 Å². The summed E-state index contributed by atoms with van der Waals surface area (Å²) in [6.07, 6.45) is 2.30. The van der Waals surface area contributed by atoms with E-state index in [4.69, 9.17) is 5.11 Å². The van der Waals surface area contributed by atoms with Gasteiger partial charge in [0.2, 0.25) is 0 Å². The molecule has 0 fully saturated rings. The molecule has 0 amide bonds. The van der Waals surface area contributed by atoms with Crippen molar-refractivity contribution in [2.24, 2.45) is 0 Å². The minimum absolute atomic E-state index is 0.123. The van der Waals surface area contributed by atoms with E-state index in [1.54, 1.807) is 30.3 Å². The molecule has 1 rings (SSSR count). The lowest BCUT2D eigenvalue weighted by molar-refractivity contribution is -0.113. The number of benzene rings is 1. The second kappa shape index (κ2) is 4.61. The van der Waals surface area contributed by atoms with Gasteiger partial charge in [-0.1, -0.05) is 25.1 Å². The normalized spacial score (nSPS) is 11.4. The Kier molecular flexibility index (Phi) is 3.46. The highest BCUT2D eigenvalue weighted by atomic mass is 16.3. The Morgan fingerprint density at radius 1 is 1.36 bits per heavy atom. The molecule has 0 atom stereocenters. The first-order valence-electron chi connectivity index (χ1n) is 4.68. The monoisotopic (exact) mass is 190 g/mol. The van der Waals surface area contributed by atoms with E-state index in [0.29, 0.717) is 12.0 Å². The van der Waals surface area contributed by atoms with Gasteiger partial charge in [0.1, 0.15) is 5.75 Å². The maximum Gasteiger partial charge on any atom is 0.162 e. The third-order valence-corrected chi connectivity index (χ3v) is 2.09. The molecular formula is C12H14O2. The number of rotatable bonds is 3. The summed E-state index contributed by atoms with van der Waals surface area (Å²) < 4.78 is 0. The number of hydrogen-bond donors (Lipinski definition) is 1. The molecule has 1 aromatic carbocycles. The van der Waals surface area contributed by atoms with Gasteiger partial charge in [-0.15, -0.1) is 0 Å². The van der Waals surface area contributed by atoms with Crippen LogP contribution in [0, 0.1) is 0 Å². The maximum absolute atomic E-state index is 11.5. The number of allylic oxidation sites excluding steroid dienone is 2. The molecule has 0 radical (unpaired) electrons. The van der Waals surface area contributed by atoms with Crippen LogP contribution in [-0.2, 0) is 4.79 Å². The number of Topliss-reactive ketones (excluding diaryl/α,β-unsaturated/α-hetero) is 1. The van der Waals surface area contributed by atoms with Crippen LogP contribution in [0.2, 0.25) is 0 Å². The van der Waals surface area contributed by atoms with Crippen LogP contribution in [0.15, 0.2) is 30.3 Å². The van der Waals surface area contributed by atoms with Gasteiger partial charge in [-0.3, -0.25) is 4.79 Å². The summed E-state index contributed by atoms with van der Waals surface area (Å²) in [6, 6.07) is 6.67. The molecule has 0 saturated carbocycles. The fourth-order valence-electron chi connectivity index (χ4n) is 1.32. The van der Waals surface area contributed by atoms with Crippen molar-refractivity contribution in [2.75, 3.05) is 0 Å². The van der Waals surface area contributed by atoms with Crippen LogP contribution >= 0.6 is 0 Å². The molecule has 0 unspecified atom stereocenters. The Hall–Kier alpha value is -1.57. The quantitative estimate of drug-likeness (QED) is 0.744. The van der Waals surface area contributed by atoms with Gasteiger partial charge in [0.15, 0.2) is 5.78 Å². The van der Waals surface area contributed by atoms with Gasteiger partial charge in [0.05, 0.1) is 0 Å². The lowest BCUT2D eigenvalue weighted by Crippen LogP contribution is -1.99. The standard InChI is InChI=1S/C12H14O2/c1-3-11(12(14)4-2)9-5-7-10(13)8-6-9/h3,5-8,13H,4H2,1-2H3/b11-3-. The first kappa shape index (κ1) is 10.5. The predicted molar refractivity (Wildman–Crippen MR) is 57.1 cm³/mol. The van der Waals surface area contributed by atoms with Gasteiger partial charge in [-0.2, -0.15) is 0 Å². The van der Waals surface area contributed by atoms with Gasteiger partial charge in [-0.25, -0.2) is 0 Å². The van der Waals surface area contributed by atoms with Crippen molar-refractivity contribution in [2.45, 2.75) is 20.3 Å². The molecule has 1 N–H and O–H groups in total. The van der Waals surface area contributed by atoms with E-state index in [9.17, 15) is 4.79 Å². The Morgan fingerprint density at radius 3 is 2.36 bits per heavy atom. The highest BCUT2D eigenvalue weighted by Crippen LogP contribution is 2.19. The summed E-state index contributed by atoms with van der Waals surface area (Å²) in [6.45, 7) is 3.68. The second-order valence-electron chi connectivity index (χ2n) is 3.03. The number of phenols is 1. The zero-order valence-electron chi connectivity index (χ0n) is 8.45. The van der Waals surface area contributed by atoms with E-state index in [1.807, 2.05) is 13.8 Å². The lowest BCUT2D eigenvalue weighted by Gasteiger charge is -2.04. The topological polar surface area (TPSA) is 37.3 Å². The number of aromatic hydroxyl groups is 1. The van der Waals surface area contributed by atoms with E-state index in [-0.39, 0.29) is 11.5 Å². The molecule has 2 heteroatoms. The zero-order valence-corrected chi connectivity index (χ0v) is 8.45. The van der Waals surface area contributed by atoms with Crippen molar-refractivity contribution in [3.63, 3.8) is 0 Å². The molecule has 0 heterocycles. The van der Waals surface area contributed by atoms with Crippen molar-refractivity contribution in [3.05, 3.63) is 35.9 Å². The Balaban J connectivity index is 3.03. The van der Waals surface area contributed by atoms with Crippen molar-refractivity contribution in [3.8, 4) is 5.75 Å². The molecule has 0 aliphatic rings. The molecule has 0 saturated heterocycles. The Labute approximate surface area is 83.9 Å². The number of carbonyl (C=O) groups is 1. The molecule has 14 heavy (non-hydrogen) atoms. The Morgan fingerprint density at radius 2 is 1.93 bits per heavy atom. The smallest absolute Gasteiger partial charge is 0.162 e. The molecule has 0 aliphatic heterocycles. The average Bonchev–Trinajstić information content (AvgIpc) is 2.21. The highest BCUT2D eigenvalue weighted by Gasteiger charge is 2.07. The summed E-state index contributed by atoms with van der Waals surface area (Å²) in [5.74, 6) is 0.339. The number of hydrogen-bond acceptors (Lipinski definition) is 2. The van der Waals surface area contributed by atoms with E-state index >= 15 is 0 Å². The summed E-state index contributed by atoms with van der Waals surface area (Å²) in [4.78, 5) is 11.5. The minimum Gasteiger partial charge on any atom is -0.508 e. The third-order valence-electron chi connectivity index (χ3n) is 2.09. The zero-order chi connectivity index (χ0) is 10.6. The molecule has 0 bridgehead atoms. The van der Waals surface area contributed by atoms with Crippen LogP contribution < -0.4 is 0 Å². The highest BCUT2D eigenvalue weighted by molar-refractivity contribution is 6.20. The van der Waals surface area contributed by atoms with Gasteiger partial charge >= 0.3 is 0 Å². The second-order valence-corrected chi connectivity index (χ2v) is 3.03. The number of carbonyl (C=O) groups excluding carboxylic acids is 1. The van der Waals surface area contributed by atoms with Crippen LogP contribution in [-0.4, -0.2) is 10.9 Å². The average molecular weight is 190 g/mol. The summed E-state index contributed by atoms with van der Waals surface area (Å²) >= 11 is 0. The lowest BCUT2D eigenvalue weighted by atomic mass is 10.0. The SMILES string of the molecule is C/C=C(\C(=O)CC)c1ccc(O)cc1. The van der Waals surface area contributed by atoms with Gasteiger partial charge in [0, 0.05) is 12.0 Å². The third kappa shape index (κ3) is 2.22. The molecular weight excluding hydrogens is 176 g/mol. The first-order valence-corrected chi connectivity index (χ1v) is 4.68. The van der Waals surface area contributed by atoms with E-state index in [0.717, 1.165) is 5.56 Å². The van der Waals surface area contributed by atoms with E-state index < -0.39 is 0 Å². The minimum atomic E-state index is 0.123. The Bertz CT molecular complexity index is 347.